The van der Waals surface area contributed by atoms with E-state index >= 15 is 0 Å². The molecule has 1 nitrogen and oxygen atoms in total. The second-order valence-electron chi connectivity index (χ2n) is 11.4. The average Bonchev–Trinajstić information content (AvgIpc) is 2.90. The quantitative estimate of drug-likeness (QED) is 0.145. The number of hydrogen-bond acceptors (Lipinski definition) is 0. The molecule has 0 N–H and O–H groups in total. The van der Waals surface area contributed by atoms with E-state index in [1.165, 1.54) is 151 Å². The fourth-order valence-corrected chi connectivity index (χ4v) is 5.70. The molecule has 0 bridgehead atoms. The van der Waals surface area contributed by atoms with E-state index in [-0.39, 0.29) is 0 Å². The first-order valence-corrected chi connectivity index (χ1v) is 15.6. The number of fused-ring (bicyclic) bond motifs is 1. The molecular weight excluding hydrogens is 434 g/mol. The van der Waals surface area contributed by atoms with Crippen molar-refractivity contribution in [1.29, 1.82) is 0 Å². The zero-order valence-corrected chi connectivity index (χ0v) is 23.7. The minimum absolute atomic E-state index is 1.17. The molecule has 0 aliphatic heterocycles. The molecule has 1 aromatic carbocycles. The van der Waals surface area contributed by atoms with Crippen LogP contribution in [0.25, 0.3) is 11.6 Å². The molecule has 1 aliphatic carbocycles. The van der Waals surface area contributed by atoms with Gasteiger partial charge >= 0.3 is 0 Å². The van der Waals surface area contributed by atoms with Crippen LogP contribution in [0.2, 0.25) is 0 Å². The Kier molecular flexibility index (Phi) is 14.0. The Morgan fingerprint density at radius 1 is 0.667 bits per heavy atom. The molecule has 1 heterocycles. The smallest absolute Gasteiger partial charge is 0.172 e. The minimum atomic E-state index is 1.17. The summed E-state index contributed by atoms with van der Waals surface area (Å²) in [4.78, 5) is 0. The van der Waals surface area contributed by atoms with Gasteiger partial charge in [-0.25, -0.2) is 4.57 Å². The number of benzene rings is 1. The zero-order chi connectivity index (χ0) is 25.3. The molecule has 0 spiro atoms. The Labute approximate surface area is 223 Å². The summed E-state index contributed by atoms with van der Waals surface area (Å²) in [5, 5.41) is 0. The molecule has 0 radical (unpaired) electrons. The molecule has 0 fully saturated rings. The lowest BCUT2D eigenvalue weighted by molar-refractivity contribution is -0.697. The number of aryl methyl sites for hydroxylation is 3. The van der Waals surface area contributed by atoms with Crippen molar-refractivity contribution in [2.24, 2.45) is 0 Å². The van der Waals surface area contributed by atoms with E-state index in [9.17, 15) is 0 Å². The third-order valence-electron chi connectivity index (χ3n) is 8.03. The van der Waals surface area contributed by atoms with E-state index in [1.807, 2.05) is 0 Å². The van der Waals surface area contributed by atoms with E-state index in [0.29, 0.717) is 0 Å². The van der Waals surface area contributed by atoms with Crippen molar-refractivity contribution >= 4 is 11.6 Å². The van der Waals surface area contributed by atoms with Crippen molar-refractivity contribution in [2.75, 3.05) is 0 Å². The van der Waals surface area contributed by atoms with Gasteiger partial charge in [-0.1, -0.05) is 133 Å². The monoisotopic (exact) mass is 488 g/mol. The topological polar surface area (TPSA) is 3.88 Å². The van der Waals surface area contributed by atoms with Crippen molar-refractivity contribution in [2.45, 2.75) is 142 Å². The van der Waals surface area contributed by atoms with Gasteiger partial charge < -0.3 is 0 Å². The fourth-order valence-electron chi connectivity index (χ4n) is 5.70. The Hall–Kier alpha value is -1.89. The molecule has 1 aliphatic rings. The summed E-state index contributed by atoms with van der Waals surface area (Å²) >= 11 is 0. The third-order valence-corrected chi connectivity index (χ3v) is 8.03. The van der Waals surface area contributed by atoms with Crippen molar-refractivity contribution in [3.63, 3.8) is 0 Å². The van der Waals surface area contributed by atoms with Gasteiger partial charge in [0.1, 0.15) is 6.54 Å². The van der Waals surface area contributed by atoms with Crippen LogP contribution in [0.15, 0.2) is 42.7 Å². The predicted octanol–water partition coefficient (Wildman–Crippen LogP) is 10.4. The third kappa shape index (κ3) is 11.0. The number of hydrogen-bond donors (Lipinski definition) is 0. The SMILES string of the molecule is CCCCCCCCCCCCCCCCCC[n+]1ccc2c(c1)CCC/C2=C\c1ccc(C)cc1. The van der Waals surface area contributed by atoms with Crippen LogP contribution in [0.3, 0.4) is 0 Å². The van der Waals surface area contributed by atoms with Crippen molar-refractivity contribution in [1.82, 2.24) is 0 Å². The second kappa shape index (κ2) is 17.5. The summed E-state index contributed by atoms with van der Waals surface area (Å²) in [7, 11) is 0. The van der Waals surface area contributed by atoms with Gasteiger partial charge in [0.15, 0.2) is 12.4 Å². The van der Waals surface area contributed by atoms with Gasteiger partial charge in [-0.05, 0) is 49.3 Å². The molecule has 2 aromatic rings. The van der Waals surface area contributed by atoms with Gasteiger partial charge in [0.05, 0.1) is 0 Å². The first kappa shape index (κ1) is 28.7. The molecule has 3 rings (SSSR count). The van der Waals surface area contributed by atoms with E-state index in [4.69, 9.17) is 0 Å². The molecule has 198 valence electrons. The Morgan fingerprint density at radius 3 is 1.81 bits per heavy atom. The van der Waals surface area contributed by atoms with E-state index in [1.54, 1.807) is 5.56 Å². The van der Waals surface area contributed by atoms with Crippen LogP contribution in [0.5, 0.6) is 0 Å². The Morgan fingerprint density at radius 2 is 1.22 bits per heavy atom. The van der Waals surface area contributed by atoms with Crippen LogP contribution < -0.4 is 4.57 Å². The number of allylic oxidation sites excluding steroid dienone is 1. The molecule has 0 saturated heterocycles. The highest BCUT2D eigenvalue weighted by Gasteiger charge is 2.17. The van der Waals surface area contributed by atoms with Gasteiger partial charge in [-0.15, -0.1) is 0 Å². The lowest BCUT2D eigenvalue weighted by Gasteiger charge is -2.18. The molecule has 1 aromatic heterocycles. The summed E-state index contributed by atoms with van der Waals surface area (Å²) < 4.78 is 2.44. The number of pyridine rings is 1. The van der Waals surface area contributed by atoms with Crippen LogP contribution in [0.1, 0.15) is 145 Å². The van der Waals surface area contributed by atoms with E-state index in [2.05, 4.69) is 67.2 Å². The summed E-state index contributed by atoms with van der Waals surface area (Å²) in [6.07, 6.45) is 33.8. The maximum atomic E-state index is 2.44. The highest BCUT2D eigenvalue weighted by atomic mass is 14.9. The first-order chi connectivity index (χ1) is 17.8. The second-order valence-corrected chi connectivity index (χ2v) is 11.4. The number of nitrogens with zero attached hydrogens (tertiary/aromatic N) is 1. The normalized spacial score (nSPS) is 14.3. The molecular formula is C35H54N+. The van der Waals surface area contributed by atoms with Crippen molar-refractivity contribution in [3.05, 3.63) is 65.0 Å². The van der Waals surface area contributed by atoms with Crippen LogP contribution in [-0.2, 0) is 13.0 Å². The molecule has 0 atom stereocenters. The van der Waals surface area contributed by atoms with Crippen LogP contribution in [0, 0.1) is 6.92 Å². The van der Waals surface area contributed by atoms with Crippen molar-refractivity contribution < 1.29 is 4.57 Å². The lowest BCUT2D eigenvalue weighted by atomic mass is 9.87. The lowest BCUT2D eigenvalue weighted by Crippen LogP contribution is -2.34. The van der Waals surface area contributed by atoms with Gasteiger partial charge in [0.2, 0.25) is 0 Å². The van der Waals surface area contributed by atoms with Crippen LogP contribution >= 0.6 is 0 Å². The highest BCUT2D eigenvalue weighted by molar-refractivity contribution is 5.83. The first-order valence-electron chi connectivity index (χ1n) is 15.6. The Balaban J connectivity index is 1.23. The van der Waals surface area contributed by atoms with Gasteiger partial charge in [0.25, 0.3) is 0 Å². The van der Waals surface area contributed by atoms with Gasteiger partial charge in [-0.3, -0.25) is 0 Å². The Bertz CT molecular complexity index is 876. The standard InChI is InChI=1S/C35H54N/c1-3-4-5-6-7-8-9-10-11-12-13-14-15-16-17-18-27-36-28-26-35-33(20-19-21-34(35)30-36)29-32-24-22-31(2)23-25-32/h22-26,28-30H,3-21,27H2,1-2H3/q+1/b33-29+. The fraction of sp³-hybridized carbons (Fsp3) is 0.629. The molecule has 0 saturated carbocycles. The average molecular weight is 489 g/mol. The summed E-state index contributed by atoms with van der Waals surface area (Å²) in [5.74, 6) is 0. The molecule has 36 heavy (non-hydrogen) atoms. The molecule has 0 unspecified atom stereocenters. The van der Waals surface area contributed by atoms with Crippen LogP contribution in [-0.4, -0.2) is 0 Å². The number of rotatable bonds is 18. The summed E-state index contributed by atoms with van der Waals surface area (Å²) in [6.45, 7) is 5.63. The zero-order valence-electron chi connectivity index (χ0n) is 23.7. The van der Waals surface area contributed by atoms with Gasteiger partial charge in [-0.2, -0.15) is 0 Å². The van der Waals surface area contributed by atoms with Crippen molar-refractivity contribution in [3.8, 4) is 0 Å². The minimum Gasteiger partial charge on any atom is -0.205 e. The maximum absolute atomic E-state index is 2.44. The van der Waals surface area contributed by atoms with Crippen LogP contribution in [0.4, 0.5) is 0 Å². The number of aromatic nitrogens is 1. The van der Waals surface area contributed by atoms with Gasteiger partial charge in [0, 0.05) is 18.1 Å². The predicted molar refractivity (Wildman–Crippen MR) is 158 cm³/mol. The maximum Gasteiger partial charge on any atom is 0.172 e. The summed E-state index contributed by atoms with van der Waals surface area (Å²) in [6, 6.07) is 11.3. The van der Waals surface area contributed by atoms with E-state index < -0.39 is 0 Å². The highest BCUT2D eigenvalue weighted by Crippen LogP contribution is 2.31. The largest absolute Gasteiger partial charge is 0.205 e. The van der Waals surface area contributed by atoms with E-state index in [0.717, 1.165) is 0 Å². The molecule has 0 amide bonds. The number of unbranched alkanes of at least 4 members (excludes halogenated alkanes) is 15. The summed E-state index contributed by atoms with van der Waals surface area (Å²) in [5.41, 5.74) is 7.18. The molecule has 1 heteroatoms.